The first kappa shape index (κ1) is 18.7. The number of para-hydroxylation sites is 1. The van der Waals surface area contributed by atoms with Gasteiger partial charge in [-0.05, 0) is 36.8 Å². The number of fused-ring (bicyclic) bond motifs is 1. The van der Waals surface area contributed by atoms with E-state index in [9.17, 15) is 13.6 Å². The Morgan fingerprint density at radius 1 is 1.26 bits per heavy atom. The van der Waals surface area contributed by atoms with E-state index < -0.39 is 12.8 Å². The summed E-state index contributed by atoms with van der Waals surface area (Å²) in [4.78, 5) is 14.5. The van der Waals surface area contributed by atoms with E-state index >= 15 is 0 Å². The van der Waals surface area contributed by atoms with E-state index in [1.807, 2.05) is 12.1 Å². The highest BCUT2D eigenvalue weighted by Crippen LogP contribution is 2.37. The molecule has 0 fully saturated rings. The van der Waals surface area contributed by atoms with Crippen LogP contribution in [0.5, 0.6) is 11.5 Å². The summed E-state index contributed by atoms with van der Waals surface area (Å²) in [5.74, 6) is 0.00971. The van der Waals surface area contributed by atoms with Gasteiger partial charge in [0, 0.05) is 12.2 Å². The SMILES string of the molecule is C=CCN1C(=O)c2ccccc2N[C@H]1c1ccc(OC(F)F)c(OCC)c1. The lowest BCUT2D eigenvalue weighted by Crippen LogP contribution is -2.43. The molecule has 142 valence electrons. The van der Waals surface area contributed by atoms with Crippen LogP contribution in [-0.4, -0.2) is 30.6 Å². The summed E-state index contributed by atoms with van der Waals surface area (Å²) in [6, 6.07) is 11.9. The number of benzene rings is 2. The summed E-state index contributed by atoms with van der Waals surface area (Å²) in [5.41, 5.74) is 1.96. The topological polar surface area (TPSA) is 50.8 Å². The summed E-state index contributed by atoms with van der Waals surface area (Å²) in [6.07, 6.45) is 1.14. The average Bonchev–Trinajstić information content (AvgIpc) is 2.65. The van der Waals surface area contributed by atoms with E-state index in [1.165, 1.54) is 6.07 Å². The molecule has 0 saturated heterocycles. The Labute approximate surface area is 156 Å². The Morgan fingerprint density at radius 3 is 2.74 bits per heavy atom. The molecule has 1 heterocycles. The number of hydrogen-bond acceptors (Lipinski definition) is 4. The molecule has 0 unspecified atom stereocenters. The largest absolute Gasteiger partial charge is 0.490 e. The van der Waals surface area contributed by atoms with Gasteiger partial charge >= 0.3 is 6.61 Å². The van der Waals surface area contributed by atoms with Gasteiger partial charge in [-0.15, -0.1) is 6.58 Å². The summed E-state index contributed by atoms with van der Waals surface area (Å²) in [6.45, 7) is 3.13. The maximum absolute atomic E-state index is 12.9. The monoisotopic (exact) mass is 374 g/mol. The molecule has 2 aromatic carbocycles. The molecule has 1 aliphatic heterocycles. The highest BCUT2D eigenvalue weighted by molar-refractivity contribution is 6.01. The van der Waals surface area contributed by atoms with Crippen LogP contribution >= 0.6 is 0 Å². The van der Waals surface area contributed by atoms with Crippen LogP contribution in [0.15, 0.2) is 55.1 Å². The number of amides is 1. The minimum atomic E-state index is -2.95. The van der Waals surface area contributed by atoms with Gasteiger partial charge in [-0.1, -0.05) is 24.3 Å². The lowest BCUT2D eigenvalue weighted by molar-refractivity contribution is -0.0514. The third-order valence-corrected chi connectivity index (χ3v) is 4.15. The predicted octanol–water partition coefficient (Wildman–Crippen LogP) is 4.44. The van der Waals surface area contributed by atoms with Gasteiger partial charge in [0.15, 0.2) is 11.5 Å². The molecule has 0 bridgehead atoms. The number of anilines is 1. The molecule has 0 saturated carbocycles. The van der Waals surface area contributed by atoms with Crippen molar-refractivity contribution in [2.75, 3.05) is 18.5 Å². The highest BCUT2D eigenvalue weighted by atomic mass is 19.3. The summed E-state index contributed by atoms with van der Waals surface area (Å²) in [7, 11) is 0. The molecule has 0 aromatic heterocycles. The summed E-state index contributed by atoms with van der Waals surface area (Å²) >= 11 is 0. The molecule has 1 aliphatic rings. The summed E-state index contributed by atoms with van der Waals surface area (Å²) in [5, 5.41) is 3.32. The molecule has 0 spiro atoms. The first-order valence-corrected chi connectivity index (χ1v) is 8.54. The van der Waals surface area contributed by atoms with Gasteiger partial charge < -0.3 is 19.7 Å². The molecule has 27 heavy (non-hydrogen) atoms. The van der Waals surface area contributed by atoms with Crippen LogP contribution in [0.3, 0.4) is 0 Å². The van der Waals surface area contributed by atoms with Crippen molar-refractivity contribution in [2.45, 2.75) is 19.7 Å². The number of rotatable bonds is 7. The van der Waals surface area contributed by atoms with Gasteiger partial charge in [-0.2, -0.15) is 8.78 Å². The van der Waals surface area contributed by atoms with Crippen molar-refractivity contribution in [1.29, 1.82) is 0 Å². The minimum Gasteiger partial charge on any atom is -0.490 e. The first-order chi connectivity index (χ1) is 13.0. The van der Waals surface area contributed by atoms with Crippen LogP contribution in [0.1, 0.15) is 29.0 Å². The number of ether oxygens (including phenoxy) is 2. The molecule has 3 rings (SSSR count). The van der Waals surface area contributed by atoms with Crippen molar-refractivity contribution in [2.24, 2.45) is 0 Å². The Morgan fingerprint density at radius 2 is 2.04 bits per heavy atom. The zero-order valence-electron chi connectivity index (χ0n) is 14.8. The normalized spacial score (nSPS) is 15.9. The fourth-order valence-electron chi connectivity index (χ4n) is 3.04. The van der Waals surface area contributed by atoms with Crippen LogP contribution < -0.4 is 14.8 Å². The minimum absolute atomic E-state index is 0.0478. The molecule has 5 nitrogen and oxygen atoms in total. The number of nitrogens with zero attached hydrogens (tertiary/aromatic N) is 1. The molecular weight excluding hydrogens is 354 g/mol. The number of carbonyl (C=O) groups excluding carboxylic acids is 1. The lowest BCUT2D eigenvalue weighted by Gasteiger charge is -2.37. The van der Waals surface area contributed by atoms with E-state index in [-0.39, 0.29) is 17.4 Å². The summed E-state index contributed by atoms with van der Waals surface area (Å²) < 4.78 is 35.2. The Kier molecular flexibility index (Phi) is 5.59. The maximum Gasteiger partial charge on any atom is 0.387 e. The van der Waals surface area contributed by atoms with E-state index in [2.05, 4.69) is 16.6 Å². The molecule has 1 atom stereocenters. The second-order valence-corrected chi connectivity index (χ2v) is 5.86. The molecule has 2 aromatic rings. The average molecular weight is 374 g/mol. The molecule has 0 radical (unpaired) electrons. The van der Waals surface area contributed by atoms with Crippen LogP contribution in [0, 0.1) is 0 Å². The van der Waals surface area contributed by atoms with E-state index in [4.69, 9.17) is 4.74 Å². The van der Waals surface area contributed by atoms with Crippen LogP contribution in [0.25, 0.3) is 0 Å². The third-order valence-electron chi connectivity index (χ3n) is 4.15. The zero-order chi connectivity index (χ0) is 19.4. The van der Waals surface area contributed by atoms with Crippen LogP contribution in [-0.2, 0) is 0 Å². The Hall–Kier alpha value is -3.09. The fourth-order valence-corrected chi connectivity index (χ4v) is 3.04. The second kappa shape index (κ2) is 8.07. The van der Waals surface area contributed by atoms with E-state index in [0.29, 0.717) is 30.0 Å². The zero-order valence-corrected chi connectivity index (χ0v) is 14.8. The van der Waals surface area contributed by atoms with Crippen molar-refractivity contribution in [3.63, 3.8) is 0 Å². The Bertz CT molecular complexity index is 842. The number of carbonyl (C=O) groups is 1. The van der Waals surface area contributed by atoms with Crippen molar-refractivity contribution in [3.8, 4) is 11.5 Å². The number of hydrogen-bond donors (Lipinski definition) is 1. The molecule has 1 N–H and O–H groups in total. The number of nitrogens with one attached hydrogen (secondary N) is 1. The maximum atomic E-state index is 12.9. The first-order valence-electron chi connectivity index (χ1n) is 8.54. The van der Waals surface area contributed by atoms with E-state index in [0.717, 1.165) is 0 Å². The van der Waals surface area contributed by atoms with Gasteiger partial charge in [-0.25, -0.2) is 0 Å². The van der Waals surface area contributed by atoms with Crippen molar-refractivity contribution >= 4 is 11.6 Å². The second-order valence-electron chi connectivity index (χ2n) is 5.86. The number of alkyl halides is 2. The van der Waals surface area contributed by atoms with Crippen molar-refractivity contribution in [1.82, 2.24) is 4.90 Å². The fraction of sp³-hybridized carbons (Fsp3) is 0.250. The molecular formula is C20H20F2N2O3. The Balaban J connectivity index is 2.01. The lowest BCUT2D eigenvalue weighted by atomic mass is 10.0. The molecule has 0 aliphatic carbocycles. The van der Waals surface area contributed by atoms with Gasteiger partial charge in [0.25, 0.3) is 5.91 Å². The van der Waals surface area contributed by atoms with Crippen LogP contribution in [0.2, 0.25) is 0 Å². The van der Waals surface area contributed by atoms with Gasteiger partial charge in [-0.3, -0.25) is 4.79 Å². The van der Waals surface area contributed by atoms with Crippen LogP contribution in [0.4, 0.5) is 14.5 Å². The smallest absolute Gasteiger partial charge is 0.387 e. The third kappa shape index (κ3) is 3.86. The molecule has 7 heteroatoms. The van der Waals surface area contributed by atoms with Gasteiger partial charge in [0.05, 0.1) is 12.2 Å². The predicted molar refractivity (Wildman–Crippen MR) is 98.3 cm³/mol. The van der Waals surface area contributed by atoms with Crippen molar-refractivity contribution in [3.05, 3.63) is 66.2 Å². The molecule has 1 amide bonds. The van der Waals surface area contributed by atoms with E-state index in [1.54, 1.807) is 42.2 Å². The standard InChI is InChI=1S/C20H20F2N2O3/c1-3-11-24-18(23-15-8-6-5-7-14(15)19(24)25)13-9-10-16(27-20(21)22)17(12-13)26-4-2/h3,5-10,12,18,20,23H,1,4,11H2,2H3/t18-/m1/s1. The van der Waals surface area contributed by atoms with Gasteiger partial charge in [0.2, 0.25) is 0 Å². The quantitative estimate of drug-likeness (QED) is 0.728. The highest BCUT2D eigenvalue weighted by Gasteiger charge is 2.32. The number of halogens is 2. The van der Waals surface area contributed by atoms with Gasteiger partial charge in [0.1, 0.15) is 6.17 Å². The van der Waals surface area contributed by atoms with Crippen molar-refractivity contribution < 1.29 is 23.0 Å².